The average molecular weight is 307 g/mol. The van der Waals surface area contributed by atoms with Crippen LogP contribution in [0.3, 0.4) is 0 Å². The minimum absolute atomic E-state index is 0.0395. The highest BCUT2D eigenvalue weighted by molar-refractivity contribution is 8.00. The number of hydrogen-bond donors (Lipinski definition) is 1. The van der Waals surface area contributed by atoms with Crippen molar-refractivity contribution in [2.45, 2.75) is 42.8 Å². The van der Waals surface area contributed by atoms with Gasteiger partial charge in [-0.2, -0.15) is 13.2 Å². The average Bonchev–Trinajstić information content (AvgIpc) is 2.24. The first-order valence-corrected chi connectivity index (χ1v) is 6.64. The zero-order chi connectivity index (χ0) is 15.6. The van der Waals surface area contributed by atoms with Gasteiger partial charge in [0.2, 0.25) is 0 Å². The van der Waals surface area contributed by atoms with Gasteiger partial charge in [-0.15, -0.1) is 0 Å². The summed E-state index contributed by atoms with van der Waals surface area (Å²) < 4.78 is 41.7. The van der Waals surface area contributed by atoms with Crippen molar-refractivity contribution in [3.8, 4) is 0 Å². The molecule has 0 spiro atoms. The highest BCUT2D eigenvalue weighted by Crippen LogP contribution is 2.37. The Hall–Kier alpha value is -1.21. The van der Waals surface area contributed by atoms with E-state index in [-0.39, 0.29) is 16.7 Å². The molecular formula is C13H16F3NO2S. The molecule has 0 aliphatic heterocycles. The molecule has 1 aromatic carbocycles. The Morgan fingerprint density at radius 3 is 2.10 bits per heavy atom. The number of carbonyl (C=O) groups excluding carboxylic acids is 1. The number of rotatable bonds is 3. The highest BCUT2D eigenvalue weighted by Gasteiger charge is 2.29. The number of nitrogens with two attached hydrogens (primary N) is 1. The van der Waals surface area contributed by atoms with Crippen molar-refractivity contribution in [2.75, 3.05) is 0 Å². The van der Waals surface area contributed by atoms with Crippen molar-refractivity contribution >= 4 is 17.7 Å². The number of alkyl halides is 3. The van der Waals surface area contributed by atoms with E-state index >= 15 is 0 Å². The molecule has 0 aliphatic rings. The fraction of sp³-hybridized carbons (Fsp3) is 0.462. The summed E-state index contributed by atoms with van der Waals surface area (Å²) in [6.07, 6.45) is 0. The smallest absolute Gasteiger partial charge is 0.446 e. The summed E-state index contributed by atoms with van der Waals surface area (Å²) in [5, 5.41) is 0. The van der Waals surface area contributed by atoms with E-state index in [0.717, 1.165) is 0 Å². The van der Waals surface area contributed by atoms with Crippen LogP contribution in [-0.2, 0) is 9.53 Å². The summed E-state index contributed by atoms with van der Waals surface area (Å²) in [6.45, 7) is 5.13. The Kier molecular flexibility index (Phi) is 5.10. The van der Waals surface area contributed by atoms with Gasteiger partial charge in [-0.05, 0) is 50.2 Å². The van der Waals surface area contributed by atoms with Crippen molar-refractivity contribution in [2.24, 2.45) is 5.73 Å². The normalized spacial score (nSPS) is 13.9. The molecule has 3 nitrogen and oxygen atoms in total. The predicted molar refractivity (Wildman–Crippen MR) is 71.1 cm³/mol. The molecule has 0 aromatic heterocycles. The SMILES string of the molecule is CC(C)(C)OC(=O)C(N)c1ccc(SC(F)(F)F)cc1. The molecule has 1 atom stereocenters. The van der Waals surface area contributed by atoms with E-state index in [2.05, 4.69) is 0 Å². The number of thioether (sulfide) groups is 1. The van der Waals surface area contributed by atoms with Gasteiger partial charge in [0.15, 0.2) is 0 Å². The standard InChI is InChI=1S/C13H16F3NO2S/c1-12(2,3)19-11(18)10(17)8-4-6-9(7-5-8)20-13(14,15)16/h4-7,10H,17H2,1-3H3. The van der Waals surface area contributed by atoms with Gasteiger partial charge in [0.1, 0.15) is 11.6 Å². The van der Waals surface area contributed by atoms with Crippen LogP contribution in [0.15, 0.2) is 29.2 Å². The lowest BCUT2D eigenvalue weighted by molar-refractivity contribution is -0.156. The van der Waals surface area contributed by atoms with Crippen molar-refractivity contribution in [3.05, 3.63) is 29.8 Å². The molecule has 0 bridgehead atoms. The van der Waals surface area contributed by atoms with Gasteiger partial charge in [-0.25, -0.2) is 4.79 Å². The molecule has 1 rings (SSSR count). The summed E-state index contributed by atoms with van der Waals surface area (Å²) in [7, 11) is 0. The second-order valence-electron chi connectivity index (χ2n) is 5.13. The molecule has 0 fully saturated rings. The van der Waals surface area contributed by atoms with Crippen molar-refractivity contribution in [1.82, 2.24) is 0 Å². The highest BCUT2D eigenvalue weighted by atomic mass is 32.2. The third kappa shape index (κ3) is 5.83. The van der Waals surface area contributed by atoms with Gasteiger partial charge in [0, 0.05) is 4.90 Å². The summed E-state index contributed by atoms with van der Waals surface area (Å²) in [5.74, 6) is -0.617. The Bertz CT molecular complexity index is 466. The monoisotopic (exact) mass is 307 g/mol. The van der Waals surface area contributed by atoms with Crippen molar-refractivity contribution < 1.29 is 22.7 Å². The number of carbonyl (C=O) groups is 1. The fourth-order valence-electron chi connectivity index (χ4n) is 1.38. The summed E-state index contributed by atoms with van der Waals surface area (Å²) >= 11 is -0.217. The van der Waals surface area contributed by atoms with E-state index in [1.54, 1.807) is 20.8 Å². The molecular weight excluding hydrogens is 291 g/mol. The van der Waals surface area contributed by atoms with Crippen LogP contribution in [-0.4, -0.2) is 17.1 Å². The molecule has 1 aromatic rings. The molecule has 112 valence electrons. The summed E-state index contributed by atoms with van der Waals surface area (Å²) in [4.78, 5) is 11.8. The van der Waals surface area contributed by atoms with Crippen LogP contribution in [0.1, 0.15) is 32.4 Å². The summed E-state index contributed by atoms with van der Waals surface area (Å²) in [6, 6.07) is 4.32. The third-order valence-electron chi connectivity index (χ3n) is 2.13. The van der Waals surface area contributed by atoms with Gasteiger partial charge < -0.3 is 10.5 Å². The van der Waals surface area contributed by atoms with Crippen LogP contribution in [0.5, 0.6) is 0 Å². The van der Waals surface area contributed by atoms with E-state index in [0.29, 0.717) is 5.56 Å². The number of ether oxygens (including phenoxy) is 1. The van der Waals surface area contributed by atoms with Crippen LogP contribution >= 0.6 is 11.8 Å². The zero-order valence-corrected chi connectivity index (χ0v) is 12.1. The Morgan fingerprint density at radius 1 is 1.20 bits per heavy atom. The van der Waals surface area contributed by atoms with Gasteiger partial charge in [0.25, 0.3) is 0 Å². The van der Waals surface area contributed by atoms with Crippen molar-refractivity contribution in [3.63, 3.8) is 0 Å². The van der Waals surface area contributed by atoms with Crippen LogP contribution in [0.4, 0.5) is 13.2 Å². The first-order valence-electron chi connectivity index (χ1n) is 5.82. The fourth-order valence-corrected chi connectivity index (χ4v) is 1.92. The molecule has 0 amide bonds. The number of esters is 1. The number of halogens is 3. The van der Waals surface area contributed by atoms with Gasteiger partial charge in [-0.3, -0.25) is 0 Å². The van der Waals surface area contributed by atoms with Gasteiger partial charge in [0.05, 0.1) is 0 Å². The van der Waals surface area contributed by atoms with Crippen LogP contribution in [0.2, 0.25) is 0 Å². The molecule has 0 saturated carbocycles. The van der Waals surface area contributed by atoms with E-state index in [1.807, 2.05) is 0 Å². The lowest BCUT2D eigenvalue weighted by Crippen LogP contribution is -2.31. The molecule has 2 N–H and O–H groups in total. The first kappa shape index (κ1) is 16.8. The molecule has 20 heavy (non-hydrogen) atoms. The lowest BCUT2D eigenvalue weighted by atomic mass is 10.1. The molecule has 0 heterocycles. The maximum Gasteiger partial charge on any atom is 0.446 e. The van der Waals surface area contributed by atoms with E-state index in [4.69, 9.17) is 10.5 Å². The van der Waals surface area contributed by atoms with Crippen molar-refractivity contribution in [1.29, 1.82) is 0 Å². The minimum atomic E-state index is -4.34. The van der Waals surface area contributed by atoms with E-state index in [1.165, 1.54) is 24.3 Å². The second-order valence-corrected chi connectivity index (χ2v) is 6.27. The largest absolute Gasteiger partial charge is 0.459 e. The van der Waals surface area contributed by atoms with Crippen LogP contribution < -0.4 is 5.73 Å². The number of benzene rings is 1. The maximum absolute atomic E-state index is 12.2. The lowest BCUT2D eigenvalue weighted by Gasteiger charge is -2.22. The topological polar surface area (TPSA) is 52.3 Å². The predicted octanol–water partition coefficient (Wildman–Crippen LogP) is 3.64. The first-order chi connectivity index (χ1) is 8.98. The maximum atomic E-state index is 12.2. The quantitative estimate of drug-likeness (QED) is 0.684. The molecule has 0 radical (unpaired) electrons. The van der Waals surface area contributed by atoms with Crippen LogP contribution in [0, 0.1) is 0 Å². The van der Waals surface area contributed by atoms with Gasteiger partial charge in [-0.1, -0.05) is 12.1 Å². The zero-order valence-electron chi connectivity index (χ0n) is 11.3. The third-order valence-corrected chi connectivity index (χ3v) is 2.87. The molecule has 7 heteroatoms. The molecule has 1 unspecified atom stereocenters. The van der Waals surface area contributed by atoms with Gasteiger partial charge >= 0.3 is 11.5 Å². The summed E-state index contributed by atoms with van der Waals surface area (Å²) in [5.41, 5.74) is 1.12. The molecule has 0 aliphatic carbocycles. The minimum Gasteiger partial charge on any atom is -0.459 e. The Morgan fingerprint density at radius 2 is 1.70 bits per heavy atom. The molecule has 0 saturated heterocycles. The Balaban J connectivity index is 2.75. The van der Waals surface area contributed by atoms with E-state index in [9.17, 15) is 18.0 Å². The number of hydrogen-bond acceptors (Lipinski definition) is 4. The van der Waals surface area contributed by atoms with E-state index < -0.39 is 23.1 Å². The second kappa shape index (κ2) is 6.05. The Labute approximate surface area is 119 Å². The van der Waals surface area contributed by atoms with Crippen LogP contribution in [0.25, 0.3) is 0 Å².